The summed E-state index contributed by atoms with van der Waals surface area (Å²) in [6.45, 7) is 1.08. The van der Waals surface area contributed by atoms with Gasteiger partial charge in [-0.2, -0.15) is 0 Å². The number of amides is 1. The minimum atomic E-state index is -4.06. The number of benzene rings is 2. The predicted molar refractivity (Wildman–Crippen MR) is 132 cm³/mol. The second kappa shape index (κ2) is 10.1. The van der Waals surface area contributed by atoms with E-state index < -0.39 is 27.2 Å². The molecule has 0 atom stereocenters. The van der Waals surface area contributed by atoms with E-state index in [1.165, 1.54) is 19.4 Å². The number of aromatic nitrogens is 2. The molecule has 184 valence electrons. The van der Waals surface area contributed by atoms with Crippen LogP contribution in [-0.4, -0.2) is 44.1 Å². The SMILES string of the molecule is COc1ccccc1NS(=O)(=O)c1cc(NC(=O)Cn2ccc(=O)[nH]c2=O)ccc1N1CCCC1. The van der Waals surface area contributed by atoms with E-state index in [4.69, 9.17) is 4.74 Å². The van der Waals surface area contributed by atoms with Crippen LogP contribution in [-0.2, 0) is 21.4 Å². The van der Waals surface area contributed by atoms with E-state index in [0.717, 1.165) is 36.6 Å². The standard InChI is InChI=1S/C23H25N5O6S/c1-34-19-7-3-2-6-17(19)26-35(32,33)20-14-16(8-9-18(20)27-11-4-5-12-27)24-22(30)15-28-13-10-21(29)25-23(28)31/h2-3,6-10,13-14,26H,4-5,11-12,15H2,1H3,(H,24,30)(H,25,29,31). The maximum absolute atomic E-state index is 13.5. The molecule has 3 aromatic rings. The normalized spacial score (nSPS) is 13.5. The monoisotopic (exact) mass is 499 g/mol. The van der Waals surface area contributed by atoms with Crippen LogP contribution in [0.3, 0.4) is 0 Å². The molecule has 0 unspecified atom stereocenters. The molecule has 4 rings (SSSR count). The molecule has 1 fully saturated rings. The lowest BCUT2D eigenvalue weighted by molar-refractivity contribution is -0.116. The second-order valence-corrected chi connectivity index (χ2v) is 9.62. The van der Waals surface area contributed by atoms with E-state index in [0.29, 0.717) is 11.4 Å². The summed E-state index contributed by atoms with van der Waals surface area (Å²) < 4.78 is 35.8. The Morgan fingerprint density at radius 1 is 1.09 bits per heavy atom. The molecule has 1 amide bonds. The summed E-state index contributed by atoms with van der Waals surface area (Å²) in [7, 11) is -2.61. The zero-order valence-electron chi connectivity index (χ0n) is 19.0. The molecule has 1 aliphatic rings. The van der Waals surface area contributed by atoms with Crippen LogP contribution >= 0.6 is 0 Å². The van der Waals surface area contributed by atoms with E-state index in [9.17, 15) is 22.8 Å². The van der Waals surface area contributed by atoms with Crippen molar-refractivity contribution in [2.45, 2.75) is 24.3 Å². The summed E-state index contributed by atoms with van der Waals surface area (Å²) in [6.07, 6.45) is 3.11. The van der Waals surface area contributed by atoms with Crippen LogP contribution in [0, 0.1) is 0 Å². The Labute approximate surface area is 201 Å². The highest BCUT2D eigenvalue weighted by atomic mass is 32.2. The number of rotatable bonds is 8. The van der Waals surface area contributed by atoms with Crippen molar-refractivity contribution in [2.24, 2.45) is 0 Å². The van der Waals surface area contributed by atoms with E-state index >= 15 is 0 Å². The Bertz CT molecular complexity index is 1460. The Hall–Kier alpha value is -4.06. The molecule has 0 aliphatic carbocycles. The molecular weight excluding hydrogens is 474 g/mol. The zero-order chi connectivity index (χ0) is 25.0. The van der Waals surface area contributed by atoms with Gasteiger partial charge in [0.05, 0.1) is 18.5 Å². The summed E-state index contributed by atoms with van der Waals surface area (Å²) in [5.74, 6) is -0.191. The van der Waals surface area contributed by atoms with Crippen molar-refractivity contribution in [2.75, 3.05) is 35.1 Å². The minimum Gasteiger partial charge on any atom is -0.495 e. The molecule has 3 N–H and O–H groups in total. The number of H-pyrrole nitrogens is 1. The second-order valence-electron chi connectivity index (χ2n) is 7.97. The Morgan fingerprint density at radius 2 is 1.83 bits per heavy atom. The quantitative estimate of drug-likeness (QED) is 0.427. The molecule has 11 nitrogen and oxygen atoms in total. The summed E-state index contributed by atoms with van der Waals surface area (Å²) >= 11 is 0. The fourth-order valence-electron chi connectivity index (χ4n) is 3.88. The van der Waals surface area contributed by atoms with E-state index in [2.05, 4.69) is 15.0 Å². The van der Waals surface area contributed by atoms with E-state index in [1.807, 2.05) is 4.90 Å². The van der Waals surface area contributed by atoms with Crippen molar-refractivity contribution in [3.05, 3.63) is 75.6 Å². The average molecular weight is 500 g/mol. The minimum absolute atomic E-state index is 0.00399. The van der Waals surface area contributed by atoms with E-state index in [-0.39, 0.29) is 22.8 Å². The Morgan fingerprint density at radius 3 is 2.54 bits per heavy atom. The van der Waals surface area contributed by atoms with Gasteiger partial charge in [0.25, 0.3) is 15.6 Å². The lowest BCUT2D eigenvalue weighted by Crippen LogP contribution is -2.32. The summed E-state index contributed by atoms with van der Waals surface area (Å²) in [5, 5.41) is 2.62. The third-order valence-corrected chi connectivity index (χ3v) is 6.94. The number of aromatic amines is 1. The topological polar surface area (TPSA) is 143 Å². The number of para-hydroxylation sites is 2. The Kier molecular flexibility index (Phi) is 6.92. The third-order valence-electron chi connectivity index (χ3n) is 5.54. The highest BCUT2D eigenvalue weighted by Crippen LogP contribution is 2.34. The van der Waals surface area contributed by atoms with Gasteiger partial charge in [-0.3, -0.25) is 23.9 Å². The van der Waals surface area contributed by atoms with Gasteiger partial charge >= 0.3 is 5.69 Å². The smallest absolute Gasteiger partial charge is 0.328 e. The number of hydrogen-bond donors (Lipinski definition) is 3. The molecule has 2 heterocycles. The lowest BCUT2D eigenvalue weighted by Gasteiger charge is -2.23. The average Bonchev–Trinajstić information content (AvgIpc) is 3.36. The predicted octanol–water partition coefficient (Wildman–Crippen LogP) is 1.58. The maximum atomic E-state index is 13.5. The van der Waals surface area contributed by atoms with Crippen LogP contribution in [0.1, 0.15) is 12.8 Å². The van der Waals surface area contributed by atoms with Crippen LogP contribution in [0.15, 0.2) is 69.2 Å². The molecule has 0 bridgehead atoms. The largest absolute Gasteiger partial charge is 0.495 e. The van der Waals surface area contributed by atoms with Gasteiger partial charge in [-0.1, -0.05) is 12.1 Å². The van der Waals surface area contributed by atoms with Crippen LogP contribution in [0.2, 0.25) is 0 Å². The summed E-state index contributed by atoms with van der Waals surface area (Å²) in [4.78, 5) is 39.7. The zero-order valence-corrected chi connectivity index (χ0v) is 19.8. The number of carbonyl (C=O) groups is 1. The van der Waals surface area contributed by atoms with Crippen LogP contribution < -0.4 is 30.9 Å². The summed E-state index contributed by atoms with van der Waals surface area (Å²) in [6, 6.07) is 12.5. The molecule has 1 aliphatic heterocycles. The summed E-state index contributed by atoms with van der Waals surface area (Å²) in [5.41, 5.74) is -0.229. The van der Waals surface area contributed by atoms with Gasteiger partial charge in [-0.25, -0.2) is 13.2 Å². The van der Waals surface area contributed by atoms with Crippen molar-refractivity contribution in [1.82, 2.24) is 9.55 Å². The van der Waals surface area contributed by atoms with Crippen molar-refractivity contribution in [3.63, 3.8) is 0 Å². The molecular formula is C23H25N5O6S. The number of nitrogens with zero attached hydrogens (tertiary/aromatic N) is 2. The number of nitrogens with one attached hydrogen (secondary N) is 3. The van der Waals surface area contributed by atoms with Crippen LogP contribution in [0.4, 0.5) is 17.1 Å². The fraction of sp³-hybridized carbons (Fsp3) is 0.261. The van der Waals surface area contributed by atoms with Crippen LogP contribution in [0.25, 0.3) is 0 Å². The van der Waals surface area contributed by atoms with Crippen molar-refractivity contribution in [1.29, 1.82) is 0 Å². The third kappa shape index (κ3) is 5.54. The lowest BCUT2D eigenvalue weighted by atomic mass is 10.2. The van der Waals surface area contributed by atoms with Crippen molar-refractivity contribution >= 4 is 33.0 Å². The molecule has 0 radical (unpaired) electrons. The van der Waals surface area contributed by atoms with Gasteiger partial charge in [0.15, 0.2) is 0 Å². The number of hydrogen-bond acceptors (Lipinski definition) is 7. The number of methoxy groups -OCH3 is 1. The fourth-order valence-corrected chi connectivity index (χ4v) is 5.20. The van der Waals surface area contributed by atoms with E-state index in [1.54, 1.807) is 36.4 Å². The first kappa shape index (κ1) is 24.1. The molecule has 12 heteroatoms. The van der Waals surface area contributed by atoms with Gasteiger partial charge in [0.1, 0.15) is 17.2 Å². The molecule has 0 spiro atoms. The maximum Gasteiger partial charge on any atom is 0.328 e. The molecule has 2 aromatic carbocycles. The molecule has 1 aromatic heterocycles. The van der Waals surface area contributed by atoms with Gasteiger partial charge < -0.3 is 15.0 Å². The highest BCUT2D eigenvalue weighted by Gasteiger charge is 2.25. The number of anilines is 3. The number of ether oxygens (including phenoxy) is 1. The number of sulfonamides is 1. The van der Waals surface area contributed by atoms with Gasteiger partial charge in [-0.15, -0.1) is 0 Å². The van der Waals surface area contributed by atoms with Gasteiger partial charge in [0.2, 0.25) is 5.91 Å². The molecule has 0 saturated carbocycles. The molecule has 35 heavy (non-hydrogen) atoms. The first-order chi connectivity index (χ1) is 16.8. The van der Waals surface area contributed by atoms with Crippen molar-refractivity contribution < 1.29 is 17.9 Å². The number of carbonyl (C=O) groups excluding carboxylic acids is 1. The van der Waals surface area contributed by atoms with Gasteiger partial charge in [-0.05, 0) is 43.2 Å². The first-order valence-corrected chi connectivity index (χ1v) is 12.4. The van der Waals surface area contributed by atoms with Crippen molar-refractivity contribution in [3.8, 4) is 5.75 Å². The van der Waals surface area contributed by atoms with Crippen LogP contribution in [0.5, 0.6) is 5.75 Å². The first-order valence-electron chi connectivity index (χ1n) is 10.9. The van der Waals surface area contributed by atoms with Gasteiger partial charge in [0, 0.05) is 31.0 Å². The highest BCUT2D eigenvalue weighted by molar-refractivity contribution is 7.93. The molecule has 1 saturated heterocycles. The Balaban J connectivity index is 1.64.